The number of fused-ring (bicyclic) bond motifs is 1. The monoisotopic (exact) mass is 327 g/mol. The van der Waals surface area contributed by atoms with Crippen LogP contribution in [0.2, 0.25) is 0 Å². The van der Waals surface area contributed by atoms with Gasteiger partial charge >= 0.3 is 5.97 Å². The van der Waals surface area contributed by atoms with Crippen LogP contribution >= 0.6 is 0 Å². The van der Waals surface area contributed by atoms with E-state index < -0.39 is 22.0 Å². The smallest absolute Gasteiger partial charge is 0.304 e. The quantitative estimate of drug-likeness (QED) is 0.845. The normalized spacial score (nSPS) is 18.1. The summed E-state index contributed by atoms with van der Waals surface area (Å²) in [6.07, 6.45) is 1.49. The third-order valence-electron chi connectivity index (χ3n) is 3.43. The minimum absolute atomic E-state index is 0.0461. The van der Waals surface area contributed by atoms with Crippen molar-refractivity contribution in [2.75, 3.05) is 0 Å². The number of hydrogen-bond acceptors (Lipinski definition) is 5. The van der Waals surface area contributed by atoms with Gasteiger partial charge in [0.15, 0.2) is 0 Å². The van der Waals surface area contributed by atoms with E-state index in [0.29, 0.717) is 11.4 Å². The van der Waals surface area contributed by atoms with E-state index in [4.69, 9.17) is 5.11 Å². The van der Waals surface area contributed by atoms with Crippen molar-refractivity contribution in [3.05, 3.63) is 18.2 Å². The molecule has 112 valence electrons. The lowest BCUT2D eigenvalue weighted by Crippen LogP contribution is -2.38. The summed E-state index contributed by atoms with van der Waals surface area (Å²) < 4.78 is 35.5. The van der Waals surface area contributed by atoms with Gasteiger partial charge in [-0.1, -0.05) is 6.07 Å². The van der Waals surface area contributed by atoms with Crippen molar-refractivity contribution < 1.29 is 18.3 Å². The first-order valence-corrected chi connectivity index (χ1v) is 8.64. The van der Waals surface area contributed by atoms with E-state index in [-0.39, 0.29) is 17.2 Å². The molecule has 3 rings (SSSR count). The van der Waals surface area contributed by atoms with Crippen LogP contribution in [0.5, 0.6) is 0 Å². The molecule has 0 saturated heterocycles. The van der Waals surface area contributed by atoms with E-state index in [0.717, 1.165) is 24.2 Å². The van der Waals surface area contributed by atoms with Crippen LogP contribution in [0.1, 0.15) is 19.3 Å². The predicted octanol–water partition coefficient (Wildman–Crippen LogP) is 1.94. The number of aliphatic carboxylic acids is 1. The fourth-order valence-electron chi connectivity index (χ4n) is 2.25. The number of carbonyl (C=O) groups is 1. The first kappa shape index (κ1) is 14.4. The van der Waals surface area contributed by atoms with E-state index in [1.165, 1.54) is 6.07 Å². The van der Waals surface area contributed by atoms with Crippen molar-refractivity contribution in [2.45, 2.75) is 30.2 Å². The fraction of sp³-hybridized carbons (Fsp3) is 0.417. The third kappa shape index (κ3) is 3.04. The molecule has 1 aliphatic heterocycles. The van der Waals surface area contributed by atoms with E-state index in [1.54, 1.807) is 12.1 Å². The summed E-state index contributed by atoms with van der Waals surface area (Å²) in [7, 11) is -3.82. The van der Waals surface area contributed by atoms with Gasteiger partial charge in [0.1, 0.15) is 16.3 Å². The highest BCUT2D eigenvalue weighted by Crippen LogP contribution is 2.39. The summed E-state index contributed by atoms with van der Waals surface area (Å²) in [5, 5.41) is 8.91. The van der Waals surface area contributed by atoms with Crippen LogP contribution in [0.3, 0.4) is 0 Å². The maximum absolute atomic E-state index is 12.5. The first-order valence-electron chi connectivity index (χ1n) is 6.43. The zero-order chi connectivity index (χ0) is 15.0. The lowest BCUT2D eigenvalue weighted by molar-refractivity contribution is -0.137. The minimum Gasteiger partial charge on any atom is -0.481 e. The highest BCUT2D eigenvalue weighted by Gasteiger charge is 2.36. The van der Waals surface area contributed by atoms with Crippen molar-refractivity contribution >= 4 is 38.7 Å². The molecule has 9 heteroatoms. The molecule has 0 spiro atoms. The predicted molar refractivity (Wildman–Crippen MR) is 77.1 cm³/mol. The fourth-order valence-corrected chi connectivity index (χ4v) is 4.32. The lowest BCUT2D eigenvalue weighted by Gasteiger charge is -2.17. The zero-order valence-corrected chi connectivity index (χ0v) is 12.5. The topological polar surface area (TPSA) is 108 Å². The Labute approximate surface area is 125 Å². The highest BCUT2D eigenvalue weighted by atomic mass is 32.2. The maximum Gasteiger partial charge on any atom is 0.304 e. The number of nitrogens with zero attached hydrogens (tertiary/aromatic N) is 2. The van der Waals surface area contributed by atoms with Crippen LogP contribution in [0, 0.1) is 5.92 Å². The van der Waals surface area contributed by atoms with Gasteiger partial charge in [-0.3, -0.25) is 4.79 Å². The van der Waals surface area contributed by atoms with Gasteiger partial charge in [0.25, 0.3) is 0 Å². The van der Waals surface area contributed by atoms with E-state index in [1.807, 2.05) is 0 Å². The molecule has 1 aliphatic carbocycles. The molecule has 1 aromatic carbocycles. The highest BCUT2D eigenvalue weighted by molar-refractivity contribution is 7.89. The summed E-state index contributed by atoms with van der Waals surface area (Å²) in [5.74, 6) is -0.910. The van der Waals surface area contributed by atoms with Gasteiger partial charge in [0.2, 0.25) is 10.0 Å². The molecule has 1 heterocycles. The molecule has 1 unspecified atom stereocenters. The largest absolute Gasteiger partial charge is 0.481 e. The van der Waals surface area contributed by atoms with Crippen LogP contribution in [0.4, 0.5) is 11.4 Å². The van der Waals surface area contributed by atoms with Crippen LogP contribution in [0.25, 0.3) is 0 Å². The number of hydrogen-bond donors (Lipinski definition) is 2. The average Bonchev–Trinajstić information content (AvgIpc) is 3.14. The Kier molecular flexibility index (Phi) is 3.64. The van der Waals surface area contributed by atoms with E-state index >= 15 is 0 Å². The Bertz CT molecular complexity index is 765. The first-order chi connectivity index (χ1) is 9.97. The van der Waals surface area contributed by atoms with Crippen molar-refractivity contribution in [1.29, 1.82) is 0 Å². The molecule has 0 radical (unpaired) electrons. The van der Waals surface area contributed by atoms with Gasteiger partial charge in [-0.05, 0) is 30.9 Å². The van der Waals surface area contributed by atoms with E-state index in [9.17, 15) is 13.2 Å². The van der Waals surface area contributed by atoms with Gasteiger partial charge in [0.05, 0.1) is 17.8 Å². The Balaban J connectivity index is 1.89. The lowest BCUT2D eigenvalue weighted by atomic mass is 10.1. The second-order valence-corrected chi connectivity index (χ2v) is 7.26. The van der Waals surface area contributed by atoms with Crippen LogP contribution in [0.15, 0.2) is 31.8 Å². The molecular weight excluding hydrogens is 314 g/mol. The molecular formula is C12H13N3O4S2. The maximum atomic E-state index is 12.5. The number of carboxylic acid groups (broad SMARTS) is 1. The van der Waals surface area contributed by atoms with E-state index in [2.05, 4.69) is 13.4 Å². The Morgan fingerprint density at radius 2 is 2.19 bits per heavy atom. The number of nitrogens with one attached hydrogen (secondary N) is 1. The van der Waals surface area contributed by atoms with Gasteiger partial charge in [-0.25, -0.2) is 13.1 Å². The molecule has 0 bridgehead atoms. The summed E-state index contributed by atoms with van der Waals surface area (Å²) in [6, 6.07) is 4.17. The number of sulfonamides is 1. The molecule has 2 aliphatic rings. The molecule has 0 aromatic heterocycles. The second kappa shape index (κ2) is 5.32. The molecule has 1 fully saturated rings. The van der Waals surface area contributed by atoms with Gasteiger partial charge in [0, 0.05) is 6.04 Å². The van der Waals surface area contributed by atoms with Gasteiger partial charge in [-0.15, -0.1) is 0 Å². The molecule has 2 N–H and O–H groups in total. The third-order valence-corrected chi connectivity index (χ3v) is 5.49. The SMILES string of the molecule is O=C(O)CC(NS(=O)(=O)c1cccc2c1N=S=N2)C1CC1. The average molecular weight is 327 g/mol. The van der Waals surface area contributed by atoms with Crippen molar-refractivity contribution in [3.8, 4) is 0 Å². The van der Waals surface area contributed by atoms with Gasteiger partial charge in [-0.2, -0.15) is 8.73 Å². The summed E-state index contributed by atoms with van der Waals surface area (Å²) >= 11 is 0.945. The number of benzene rings is 1. The van der Waals surface area contributed by atoms with Crippen molar-refractivity contribution in [3.63, 3.8) is 0 Å². The molecule has 21 heavy (non-hydrogen) atoms. The summed E-state index contributed by atoms with van der Waals surface area (Å²) in [5.41, 5.74) is 0.837. The van der Waals surface area contributed by atoms with Crippen LogP contribution in [-0.4, -0.2) is 25.5 Å². The zero-order valence-electron chi connectivity index (χ0n) is 10.9. The minimum atomic E-state index is -3.82. The van der Waals surface area contributed by atoms with Crippen molar-refractivity contribution in [1.82, 2.24) is 4.72 Å². The Hall–Kier alpha value is -1.58. The second-order valence-electron chi connectivity index (χ2n) is 5.05. The molecule has 1 saturated carbocycles. The molecule has 7 nitrogen and oxygen atoms in total. The number of rotatable bonds is 6. The molecule has 0 amide bonds. The number of carboxylic acids is 1. The summed E-state index contributed by atoms with van der Waals surface area (Å²) in [4.78, 5) is 10.9. The van der Waals surface area contributed by atoms with Crippen LogP contribution < -0.4 is 4.72 Å². The molecule has 1 atom stereocenters. The molecule has 1 aromatic rings. The standard InChI is InChI=1S/C12H13N3O4S2/c16-11(17)6-9(7-4-5-7)15-21(18,19)10-3-1-2-8-12(10)14-20-13-8/h1-3,7,9,15H,4-6H2,(H,16,17). The Morgan fingerprint density at radius 1 is 1.43 bits per heavy atom. The van der Waals surface area contributed by atoms with Crippen LogP contribution in [-0.2, 0) is 26.2 Å². The van der Waals surface area contributed by atoms with Crippen molar-refractivity contribution in [2.24, 2.45) is 14.6 Å². The van der Waals surface area contributed by atoms with Gasteiger partial charge < -0.3 is 5.11 Å². The summed E-state index contributed by atoms with van der Waals surface area (Å²) in [6.45, 7) is 0. The Morgan fingerprint density at radius 3 is 2.86 bits per heavy atom.